The number of hydrogen-bond donors (Lipinski definition) is 1. The van der Waals surface area contributed by atoms with Gasteiger partial charge in [0.1, 0.15) is 0 Å². The molecule has 6 rings (SSSR count). The Morgan fingerprint density at radius 2 is 1.86 bits per heavy atom. The van der Waals surface area contributed by atoms with E-state index in [1.54, 1.807) is 0 Å². The maximum atomic E-state index is 5.30. The van der Waals surface area contributed by atoms with Gasteiger partial charge in [0.15, 0.2) is 0 Å². The average molecular weight is 541 g/mol. The number of fused-ring (bicyclic) bond motifs is 2. The van der Waals surface area contributed by atoms with Crippen LogP contribution in [-0.4, -0.2) is 20.6 Å². The molecular formula is C30H30BrN5. The SMILES string of the molecule is Cc1ccc(Nc2cc3nc4ccccc4n(C4=CC=C(Br)CC4)c-3c/c2=N\C2CCCCC2)cn1. The van der Waals surface area contributed by atoms with Crippen molar-refractivity contribution in [3.8, 4) is 11.4 Å². The Morgan fingerprint density at radius 1 is 1.00 bits per heavy atom. The second-order valence-electron chi connectivity index (χ2n) is 9.80. The average Bonchev–Trinajstić information content (AvgIpc) is 2.90. The molecule has 1 aliphatic heterocycles. The van der Waals surface area contributed by atoms with E-state index in [1.165, 1.54) is 29.4 Å². The van der Waals surface area contributed by atoms with Crippen LogP contribution < -0.4 is 10.7 Å². The van der Waals surface area contributed by atoms with Crippen molar-refractivity contribution in [2.75, 3.05) is 5.32 Å². The van der Waals surface area contributed by atoms with Crippen LogP contribution >= 0.6 is 15.9 Å². The molecule has 1 aromatic carbocycles. The van der Waals surface area contributed by atoms with Crippen LogP contribution in [-0.2, 0) is 0 Å². The number of halogens is 1. The summed E-state index contributed by atoms with van der Waals surface area (Å²) in [4.78, 5) is 14.9. The van der Waals surface area contributed by atoms with Gasteiger partial charge >= 0.3 is 0 Å². The molecule has 1 saturated carbocycles. The van der Waals surface area contributed by atoms with Crippen molar-refractivity contribution in [3.05, 3.63) is 82.4 Å². The summed E-state index contributed by atoms with van der Waals surface area (Å²) in [5, 5.41) is 4.59. The first-order chi connectivity index (χ1) is 17.6. The van der Waals surface area contributed by atoms with E-state index in [-0.39, 0.29) is 0 Å². The lowest BCUT2D eigenvalue weighted by molar-refractivity contribution is 0.437. The number of nitrogens with one attached hydrogen (secondary N) is 1. The highest BCUT2D eigenvalue weighted by Gasteiger charge is 2.20. The van der Waals surface area contributed by atoms with Crippen LogP contribution in [0.5, 0.6) is 0 Å². The third kappa shape index (κ3) is 4.74. The minimum absolute atomic E-state index is 0.363. The standard InChI is InChI=1S/C30H30BrN5/c1-20-11-14-23(19-32-20)34-26-17-28-30(18-27(26)33-22-7-3-2-4-8-22)36(24-15-12-21(31)13-16-24)29-10-6-5-9-25(29)35-28/h5-6,9-12,14-15,17-19,22,34H,2-4,7-8,13,16H2,1H3/b33-27+. The molecule has 2 aromatic rings. The molecule has 36 heavy (non-hydrogen) atoms. The Balaban J connectivity index is 1.59. The third-order valence-electron chi connectivity index (χ3n) is 7.15. The molecule has 1 aromatic heterocycles. The molecule has 3 aliphatic carbocycles. The summed E-state index contributed by atoms with van der Waals surface area (Å²) in [6.07, 6.45) is 14.4. The highest BCUT2D eigenvalue weighted by atomic mass is 79.9. The van der Waals surface area contributed by atoms with E-state index < -0.39 is 0 Å². The van der Waals surface area contributed by atoms with Gasteiger partial charge in [-0.2, -0.15) is 0 Å². The fraction of sp³-hybridized carbons (Fsp3) is 0.300. The second kappa shape index (κ2) is 10.0. The van der Waals surface area contributed by atoms with Gasteiger partial charge in [-0.25, -0.2) is 4.98 Å². The molecule has 5 nitrogen and oxygen atoms in total. The number of anilines is 2. The molecule has 0 radical (unpaired) electrons. The van der Waals surface area contributed by atoms with Crippen molar-refractivity contribution in [1.82, 2.24) is 14.5 Å². The quantitative estimate of drug-likeness (QED) is 0.270. The van der Waals surface area contributed by atoms with Crippen molar-refractivity contribution < 1.29 is 0 Å². The summed E-state index contributed by atoms with van der Waals surface area (Å²) in [5.41, 5.74) is 8.36. The van der Waals surface area contributed by atoms with Crippen molar-refractivity contribution >= 4 is 44.0 Å². The third-order valence-corrected chi connectivity index (χ3v) is 7.81. The van der Waals surface area contributed by atoms with Gasteiger partial charge in [-0.05, 0) is 79.6 Å². The monoisotopic (exact) mass is 539 g/mol. The zero-order valence-electron chi connectivity index (χ0n) is 20.5. The van der Waals surface area contributed by atoms with Gasteiger partial charge in [0.25, 0.3) is 0 Å². The van der Waals surface area contributed by atoms with E-state index in [1.807, 2.05) is 19.2 Å². The first-order valence-corrected chi connectivity index (χ1v) is 13.7. The first kappa shape index (κ1) is 23.2. The van der Waals surface area contributed by atoms with Crippen LogP contribution in [0.15, 0.2) is 76.4 Å². The molecule has 182 valence electrons. The summed E-state index contributed by atoms with van der Waals surface area (Å²) >= 11 is 3.67. The minimum Gasteiger partial charge on any atom is -0.352 e. The normalized spacial score (nSPS) is 17.3. The Labute approximate surface area is 220 Å². The summed E-state index contributed by atoms with van der Waals surface area (Å²) in [7, 11) is 0. The maximum Gasteiger partial charge on any atom is 0.0900 e. The number of para-hydroxylation sites is 2. The molecule has 0 atom stereocenters. The minimum atomic E-state index is 0.363. The molecule has 6 heteroatoms. The van der Waals surface area contributed by atoms with E-state index in [2.05, 4.69) is 85.4 Å². The zero-order valence-corrected chi connectivity index (χ0v) is 22.1. The lowest BCUT2D eigenvalue weighted by Gasteiger charge is -2.24. The van der Waals surface area contributed by atoms with E-state index in [4.69, 9.17) is 9.98 Å². The first-order valence-electron chi connectivity index (χ1n) is 12.9. The molecule has 0 unspecified atom stereocenters. The van der Waals surface area contributed by atoms with Gasteiger partial charge in [-0.3, -0.25) is 9.98 Å². The van der Waals surface area contributed by atoms with Crippen LogP contribution in [0.4, 0.5) is 11.4 Å². The molecule has 0 bridgehead atoms. The summed E-state index contributed by atoms with van der Waals surface area (Å²) in [6.45, 7) is 2.01. The molecule has 0 amide bonds. The Morgan fingerprint density at radius 3 is 2.64 bits per heavy atom. The van der Waals surface area contributed by atoms with Crippen molar-refractivity contribution in [1.29, 1.82) is 0 Å². The fourth-order valence-electron chi connectivity index (χ4n) is 5.25. The van der Waals surface area contributed by atoms with Crippen LogP contribution in [0.2, 0.25) is 0 Å². The van der Waals surface area contributed by atoms with Gasteiger partial charge in [0.2, 0.25) is 0 Å². The summed E-state index contributed by atoms with van der Waals surface area (Å²) in [5.74, 6) is 0. The molecule has 1 N–H and O–H groups in total. The summed E-state index contributed by atoms with van der Waals surface area (Å²) < 4.78 is 3.62. The number of hydrogen-bond acceptors (Lipinski definition) is 4. The van der Waals surface area contributed by atoms with E-state index >= 15 is 0 Å². The van der Waals surface area contributed by atoms with Gasteiger partial charge < -0.3 is 9.88 Å². The molecule has 4 aliphatic rings. The number of aryl methyl sites for hydroxylation is 1. The largest absolute Gasteiger partial charge is 0.352 e. The smallest absolute Gasteiger partial charge is 0.0900 e. The van der Waals surface area contributed by atoms with Gasteiger partial charge in [-0.1, -0.05) is 53.4 Å². The number of nitrogens with zero attached hydrogens (tertiary/aromatic N) is 4. The number of rotatable bonds is 4. The van der Waals surface area contributed by atoms with E-state index in [0.717, 1.165) is 70.5 Å². The van der Waals surface area contributed by atoms with Crippen molar-refractivity contribution in [3.63, 3.8) is 0 Å². The Bertz CT molecular complexity index is 1510. The topological polar surface area (TPSA) is 55.1 Å². The van der Waals surface area contributed by atoms with Crippen LogP contribution in [0.3, 0.4) is 0 Å². The van der Waals surface area contributed by atoms with Crippen molar-refractivity contribution in [2.45, 2.75) is 57.9 Å². The summed E-state index contributed by atoms with van der Waals surface area (Å²) in [6, 6.07) is 17.3. The molecule has 1 fully saturated rings. The lowest BCUT2D eigenvalue weighted by atomic mass is 9.96. The van der Waals surface area contributed by atoms with E-state index in [9.17, 15) is 0 Å². The molecule has 0 spiro atoms. The lowest BCUT2D eigenvalue weighted by Crippen LogP contribution is -2.20. The second-order valence-corrected chi connectivity index (χ2v) is 10.8. The van der Waals surface area contributed by atoms with Crippen LogP contribution in [0.1, 0.15) is 50.6 Å². The number of aromatic nitrogens is 3. The maximum absolute atomic E-state index is 5.30. The predicted octanol–water partition coefficient (Wildman–Crippen LogP) is 7.74. The van der Waals surface area contributed by atoms with Gasteiger partial charge in [0.05, 0.1) is 51.4 Å². The highest BCUT2D eigenvalue weighted by Crippen LogP contribution is 2.34. The van der Waals surface area contributed by atoms with Crippen LogP contribution in [0.25, 0.3) is 28.1 Å². The van der Waals surface area contributed by atoms with Gasteiger partial charge in [0, 0.05) is 11.4 Å². The number of benzene rings is 2. The van der Waals surface area contributed by atoms with Crippen LogP contribution in [0, 0.1) is 6.92 Å². The molecule has 2 heterocycles. The van der Waals surface area contributed by atoms with E-state index in [0.29, 0.717) is 6.04 Å². The number of pyridine rings is 1. The Kier molecular flexibility index (Phi) is 6.45. The Hall–Kier alpha value is -3.25. The number of allylic oxidation sites excluding steroid dienone is 4. The molecular weight excluding hydrogens is 510 g/mol. The van der Waals surface area contributed by atoms with Gasteiger partial charge in [-0.15, -0.1) is 0 Å². The zero-order chi connectivity index (χ0) is 24.5. The van der Waals surface area contributed by atoms with Crippen molar-refractivity contribution in [2.24, 2.45) is 4.99 Å². The fourth-order valence-corrected chi connectivity index (χ4v) is 5.58. The highest BCUT2D eigenvalue weighted by molar-refractivity contribution is 9.11. The molecule has 0 saturated heterocycles. The predicted molar refractivity (Wildman–Crippen MR) is 152 cm³/mol.